The SMILES string of the molecule is CC(C)(C)c1cc(OCc2ccc(Br)cc2)c(C(=O)O)s1. The van der Waals surface area contributed by atoms with Gasteiger partial charge in [0.2, 0.25) is 0 Å². The zero-order chi connectivity index (χ0) is 15.6. The summed E-state index contributed by atoms with van der Waals surface area (Å²) in [6.07, 6.45) is 0. The Morgan fingerprint density at radius 2 is 1.90 bits per heavy atom. The predicted molar refractivity (Wildman–Crippen MR) is 88.5 cm³/mol. The summed E-state index contributed by atoms with van der Waals surface area (Å²) in [6.45, 7) is 6.53. The Morgan fingerprint density at radius 3 is 2.43 bits per heavy atom. The first-order valence-corrected chi connectivity index (χ1v) is 8.13. The smallest absolute Gasteiger partial charge is 0.349 e. The molecule has 0 bridgehead atoms. The summed E-state index contributed by atoms with van der Waals surface area (Å²) in [7, 11) is 0. The van der Waals surface area contributed by atoms with Crippen molar-refractivity contribution in [3.63, 3.8) is 0 Å². The maximum absolute atomic E-state index is 11.3. The molecule has 0 radical (unpaired) electrons. The Labute approximate surface area is 136 Å². The van der Waals surface area contributed by atoms with Crippen molar-refractivity contribution in [2.45, 2.75) is 32.8 Å². The van der Waals surface area contributed by atoms with Gasteiger partial charge in [0.15, 0.2) is 4.88 Å². The van der Waals surface area contributed by atoms with Gasteiger partial charge in [-0.2, -0.15) is 0 Å². The molecule has 0 amide bonds. The molecule has 0 atom stereocenters. The molecule has 3 nitrogen and oxygen atoms in total. The molecule has 0 saturated heterocycles. The Balaban J connectivity index is 2.20. The summed E-state index contributed by atoms with van der Waals surface area (Å²) in [4.78, 5) is 12.6. The first-order chi connectivity index (χ1) is 9.77. The summed E-state index contributed by atoms with van der Waals surface area (Å²) in [5.74, 6) is -0.498. The van der Waals surface area contributed by atoms with Gasteiger partial charge < -0.3 is 9.84 Å². The van der Waals surface area contributed by atoms with E-state index >= 15 is 0 Å². The lowest BCUT2D eigenvalue weighted by Gasteiger charge is -2.15. The van der Waals surface area contributed by atoms with E-state index in [2.05, 4.69) is 36.7 Å². The lowest BCUT2D eigenvalue weighted by Crippen LogP contribution is -2.08. The third-order valence-corrected chi connectivity index (χ3v) is 5.00. The molecule has 0 spiro atoms. The molecule has 0 aliphatic rings. The molecular weight excluding hydrogens is 352 g/mol. The highest BCUT2D eigenvalue weighted by Crippen LogP contribution is 2.37. The van der Waals surface area contributed by atoms with Crippen molar-refractivity contribution in [2.24, 2.45) is 0 Å². The Kier molecular flexibility index (Phi) is 4.74. The van der Waals surface area contributed by atoms with Crippen molar-refractivity contribution in [3.8, 4) is 5.75 Å². The molecule has 1 aromatic carbocycles. The van der Waals surface area contributed by atoms with Gasteiger partial charge in [-0.05, 0) is 29.2 Å². The number of rotatable bonds is 4. The number of hydrogen-bond acceptors (Lipinski definition) is 3. The second kappa shape index (κ2) is 6.20. The number of carboxylic acids is 1. The van der Waals surface area contributed by atoms with Crippen molar-refractivity contribution >= 4 is 33.2 Å². The molecule has 1 heterocycles. The van der Waals surface area contributed by atoms with E-state index in [-0.39, 0.29) is 10.3 Å². The summed E-state index contributed by atoms with van der Waals surface area (Å²) in [5, 5.41) is 9.30. The van der Waals surface area contributed by atoms with Gasteiger partial charge in [-0.15, -0.1) is 11.3 Å². The molecule has 0 fully saturated rings. The van der Waals surface area contributed by atoms with Crippen LogP contribution in [0, 0.1) is 0 Å². The van der Waals surface area contributed by atoms with Gasteiger partial charge in [-0.25, -0.2) is 4.79 Å². The average Bonchev–Trinajstić information content (AvgIpc) is 2.82. The fraction of sp³-hybridized carbons (Fsp3) is 0.312. The standard InChI is InChI=1S/C16H17BrO3S/c1-16(2,3)13-8-12(14(21-13)15(18)19)20-9-10-4-6-11(17)7-5-10/h4-8H,9H2,1-3H3,(H,18,19). The lowest BCUT2D eigenvalue weighted by molar-refractivity contribution is 0.0697. The van der Waals surface area contributed by atoms with E-state index in [0.717, 1.165) is 14.9 Å². The van der Waals surface area contributed by atoms with Crippen LogP contribution in [0.3, 0.4) is 0 Å². The summed E-state index contributed by atoms with van der Waals surface area (Å²) < 4.78 is 6.72. The number of halogens is 1. The summed E-state index contributed by atoms with van der Waals surface area (Å²) in [5.41, 5.74) is 0.909. The van der Waals surface area contributed by atoms with Crippen molar-refractivity contribution in [3.05, 3.63) is 50.1 Å². The Morgan fingerprint density at radius 1 is 1.29 bits per heavy atom. The third-order valence-electron chi connectivity index (χ3n) is 2.94. The van der Waals surface area contributed by atoms with Crippen molar-refractivity contribution in [1.82, 2.24) is 0 Å². The van der Waals surface area contributed by atoms with Crippen molar-refractivity contribution in [1.29, 1.82) is 0 Å². The van der Waals surface area contributed by atoms with Crippen LogP contribution >= 0.6 is 27.3 Å². The zero-order valence-electron chi connectivity index (χ0n) is 12.1. The van der Waals surface area contributed by atoms with Gasteiger partial charge in [0.1, 0.15) is 12.4 Å². The second-order valence-electron chi connectivity index (χ2n) is 5.77. The predicted octanol–water partition coefficient (Wildman–Crippen LogP) is 5.09. The van der Waals surface area contributed by atoms with E-state index in [1.165, 1.54) is 11.3 Å². The minimum atomic E-state index is -0.943. The quantitative estimate of drug-likeness (QED) is 0.817. The highest BCUT2D eigenvalue weighted by Gasteiger charge is 2.23. The van der Waals surface area contributed by atoms with Crippen molar-refractivity contribution in [2.75, 3.05) is 0 Å². The molecule has 21 heavy (non-hydrogen) atoms. The Bertz CT molecular complexity index is 639. The second-order valence-corrected chi connectivity index (χ2v) is 7.74. The van der Waals surface area contributed by atoms with Crippen LogP contribution in [0.15, 0.2) is 34.8 Å². The van der Waals surface area contributed by atoms with Gasteiger partial charge in [0.05, 0.1) is 0 Å². The number of benzene rings is 1. The van der Waals surface area contributed by atoms with Crippen LogP contribution < -0.4 is 4.74 Å². The number of aromatic carboxylic acids is 1. The molecular formula is C16H17BrO3S. The number of ether oxygens (including phenoxy) is 1. The van der Waals surface area contributed by atoms with Crippen LogP contribution in [0.4, 0.5) is 0 Å². The van der Waals surface area contributed by atoms with E-state index in [0.29, 0.717) is 12.4 Å². The van der Waals surface area contributed by atoms with Gasteiger partial charge in [0, 0.05) is 9.35 Å². The van der Waals surface area contributed by atoms with Gasteiger partial charge in [-0.3, -0.25) is 0 Å². The van der Waals surface area contributed by atoms with E-state index in [9.17, 15) is 9.90 Å². The Hall–Kier alpha value is -1.33. The number of thiophene rings is 1. The minimum Gasteiger partial charge on any atom is -0.487 e. The molecule has 0 aliphatic heterocycles. The number of carboxylic acid groups (broad SMARTS) is 1. The van der Waals surface area contributed by atoms with Crippen LogP contribution in [0.2, 0.25) is 0 Å². The van der Waals surface area contributed by atoms with Crippen LogP contribution in [0.5, 0.6) is 5.75 Å². The fourth-order valence-corrected chi connectivity index (χ4v) is 3.00. The van der Waals surface area contributed by atoms with Crippen LogP contribution in [-0.2, 0) is 12.0 Å². The minimum absolute atomic E-state index is 0.0892. The highest BCUT2D eigenvalue weighted by atomic mass is 79.9. The first-order valence-electron chi connectivity index (χ1n) is 6.52. The van der Waals surface area contributed by atoms with E-state index in [1.54, 1.807) is 0 Å². The fourth-order valence-electron chi connectivity index (χ4n) is 1.74. The van der Waals surface area contributed by atoms with Gasteiger partial charge in [-0.1, -0.05) is 48.8 Å². The summed E-state index contributed by atoms with van der Waals surface area (Å²) in [6, 6.07) is 9.60. The highest BCUT2D eigenvalue weighted by molar-refractivity contribution is 9.10. The molecule has 112 valence electrons. The maximum Gasteiger partial charge on any atom is 0.349 e. The van der Waals surface area contributed by atoms with Crippen LogP contribution in [0.1, 0.15) is 40.9 Å². The summed E-state index contributed by atoms with van der Waals surface area (Å²) >= 11 is 4.66. The van der Waals surface area contributed by atoms with Crippen LogP contribution in [-0.4, -0.2) is 11.1 Å². The molecule has 0 saturated carbocycles. The van der Waals surface area contributed by atoms with E-state index in [4.69, 9.17) is 4.74 Å². The van der Waals surface area contributed by atoms with Gasteiger partial charge >= 0.3 is 5.97 Å². The maximum atomic E-state index is 11.3. The molecule has 2 aromatic rings. The average molecular weight is 369 g/mol. The molecule has 0 unspecified atom stereocenters. The topological polar surface area (TPSA) is 46.5 Å². The van der Waals surface area contributed by atoms with Gasteiger partial charge in [0.25, 0.3) is 0 Å². The third kappa shape index (κ3) is 4.08. The zero-order valence-corrected chi connectivity index (χ0v) is 14.5. The van der Waals surface area contributed by atoms with E-state index < -0.39 is 5.97 Å². The number of hydrogen-bond donors (Lipinski definition) is 1. The van der Waals surface area contributed by atoms with Crippen molar-refractivity contribution < 1.29 is 14.6 Å². The molecule has 1 aromatic heterocycles. The monoisotopic (exact) mass is 368 g/mol. The number of carbonyl (C=O) groups is 1. The molecule has 1 N–H and O–H groups in total. The largest absolute Gasteiger partial charge is 0.487 e. The molecule has 2 rings (SSSR count). The first kappa shape index (κ1) is 16.0. The lowest BCUT2D eigenvalue weighted by atomic mass is 9.95. The normalized spacial score (nSPS) is 11.4. The van der Waals surface area contributed by atoms with Crippen LogP contribution in [0.25, 0.3) is 0 Å². The molecule has 5 heteroatoms. The molecule has 0 aliphatic carbocycles. The van der Waals surface area contributed by atoms with E-state index in [1.807, 2.05) is 30.3 Å².